The molecule has 0 aromatic heterocycles. The van der Waals surface area contributed by atoms with Crippen molar-refractivity contribution in [3.8, 4) is 0 Å². The number of urea groups is 1. The van der Waals surface area contributed by atoms with Gasteiger partial charge >= 0.3 is 12.0 Å². The van der Waals surface area contributed by atoms with Crippen molar-refractivity contribution in [2.24, 2.45) is 0 Å². The van der Waals surface area contributed by atoms with Gasteiger partial charge in [-0.3, -0.25) is 4.90 Å². The van der Waals surface area contributed by atoms with E-state index in [1.165, 1.54) is 4.90 Å². The van der Waals surface area contributed by atoms with Crippen molar-refractivity contribution >= 4 is 35.5 Å². The predicted octanol–water partition coefficient (Wildman–Crippen LogP) is 2.47. The van der Waals surface area contributed by atoms with E-state index in [4.69, 9.17) is 0 Å². The van der Waals surface area contributed by atoms with E-state index >= 15 is 0 Å². The molecule has 1 aliphatic rings. The van der Waals surface area contributed by atoms with E-state index in [1.807, 2.05) is 20.1 Å². The van der Waals surface area contributed by atoms with Crippen LogP contribution in [0.3, 0.4) is 0 Å². The molecule has 0 bridgehead atoms. The van der Waals surface area contributed by atoms with Gasteiger partial charge in [0.05, 0.1) is 5.37 Å². The van der Waals surface area contributed by atoms with Gasteiger partial charge in [0.1, 0.15) is 6.04 Å². The lowest BCUT2D eigenvalue weighted by molar-refractivity contribution is -0.141. The highest BCUT2D eigenvalue weighted by Gasteiger charge is 2.41. The molecule has 1 saturated heterocycles. The quantitative estimate of drug-likeness (QED) is 0.754. The highest BCUT2D eigenvalue weighted by molar-refractivity contribution is 8.00. The molecule has 1 rings (SSSR count). The zero-order chi connectivity index (χ0) is 15.1. The van der Waals surface area contributed by atoms with Crippen molar-refractivity contribution < 1.29 is 14.7 Å². The number of carbonyl (C=O) groups excluding carboxylic acids is 1. The normalized spacial score (nSPS) is 23.6. The van der Waals surface area contributed by atoms with Crippen LogP contribution in [0.2, 0.25) is 0 Å². The van der Waals surface area contributed by atoms with Gasteiger partial charge in [0.25, 0.3) is 0 Å². The minimum atomic E-state index is -0.913. The molecule has 1 fully saturated rings. The van der Waals surface area contributed by atoms with Crippen LogP contribution in [0.25, 0.3) is 0 Å². The van der Waals surface area contributed by atoms with Gasteiger partial charge in [-0.25, -0.2) is 9.59 Å². The summed E-state index contributed by atoms with van der Waals surface area (Å²) >= 11 is 3.25. The number of carboxylic acid groups (broad SMARTS) is 1. The summed E-state index contributed by atoms with van der Waals surface area (Å²) in [6.07, 6.45) is 4.63. The molecule has 3 atom stereocenters. The summed E-state index contributed by atoms with van der Waals surface area (Å²) in [5.74, 6) is 0.413. The van der Waals surface area contributed by atoms with E-state index in [1.54, 1.807) is 23.5 Å². The van der Waals surface area contributed by atoms with Crippen molar-refractivity contribution in [1.82, 2.24) is 10.2 Å². The van der Waals surface area contributed by atoms with Crippen LogP contribution in [0.15, 0.2) is 0 Å². The highest BCUT2D eigenvalue weighted by atomic mass is 32.2. The first-order valence-corrected chi connectivity index (χ1v) is 9.41. The van der Waals surface area contributed by atoms with Crippen molar-refractivity contribution in [3.05, 3.63) is 0 Å². The van der Waals surface area contributed by atoms with Gasteiger partial charge in [-0.05, 0) is 19.1 Å². The van der Waals surface area contributed by atoms with Crippen molar-refractivity contribution in [3.63, 3.8) is 0 Å². The number of thioether (sulfide) groups is 2. The summed E-state index contributed by atoms with van der Waals surface area (Å²) in [5.41, 5.74) is 0. The van der Waals surface area contributed by atoms with Gasteiger partial charge in [0.2, 0.25) is 0 Å². The highest BCUT2D eigenvalue weighted by Crippen LogP contribution is 2.32. The van der Waals surface area contributed by atoms with Crippen LogP contribution >= 0.6 is 23.5 Å². The lowest BCUT2D eigenvalue weighted by atomic mass is 10.2. The molecular weight excluding hydrogens is 296 g/mol. The molecule has 7 heteroatoms. The second kappa shape index (κ2) is 8.67. The molecule has 0 saturated carbocycles. The molecule has 0 aliphatic carbocycles. The molecule has 116 valence electrons. The monoisotopic (exact) mass is 320 g/mol. The van der Waals surface area contributed by atoms with E-state index in [-0.39, 0.29) is 17.4 Å². The van der Waals surface area contributed by atoms with Gasteiger partial charge in [0, 0.05) is 17.5 Å². The number of carboxylic acids is 1. The Bertz CT molecular complexity index is 342. The second-order valence-electron chi connectivity index (χ2n) is 4.85. The molecule has 2 amide bonds. The van der Waals surface area contributed by atoms with Gasteiger partial charge < -0.3 is 10.4 Å². The molecule has 0 aromatic rings. The van der Waals surface area contributed by atoms with Gasteiger partial charge in [-0.1, -0.05) is 20.3 Å². The Hall–Kier alpha value is -0.560. The van der Waals surface area contributed by atoms with Crippen LogP contribution in [-0.2, 0) is 4.79 Å². The van der Waals surface area contributed by atoms with E-state index < -0.39 is 12.0 Å². The van der Waals surface area contributed by atoms with Crippen LogP contribution < -0.4 is 5.32 Å². The first-order valence-electron chi connectivity index (χ1n) is 6.97. The number of amides is 2. The van der Waals surface area contributed by atoms with Gasteiger partial charge in [0.15, 0.2) is 0 Å². The molecule has 0 radical (unpaired) electrons. The summed E-state index contributed by atoms with van der Waals surface area (Å²) in [5, 5.41) is 12.2. The van der Waals surface area contributed by atoms with Crippen LogP contribution in [-0.4, -0.2) is 57.2 Å². The third kappa shape index (κ3) is 4.48. The average Bonchev–Trinajstić information content (AvgIpc) is 2.82. The largest absolute Gasteiger partial charge is 0.480 e. The maximum absolute atomic E-state index is 12.4. The summed E-state index contributed by atoms with van der Waals surface area (Å²) < 4.78 is 0. The number of aliphatic carboxylic acids is 1. The fourth-order valence-corrected chi connectivity index (χ4v) is 4.44. The Morgan fingerprint density at radius 1 is 1.50 bits per heavy atom. The number of nitrogens with zero attached hydrogens (tertiary/aromatic N) is 1. The predicted molar refractivity (Wildman–Crippen MR) is 85.4 cm³/mol. The fourth-order valence-electron chi connectivity index (χ4n) is 2.21. The summed E-state index contributed by atoms with van der Waals surface area (Å²) in [6.45, 7) is 4.07. The number of hydrogen-bond donors (Lipinski definition) is 2. The molecule has 3 unspecified atom stereocenters. The minimum absolute atomic E-state index is 0.0205. The third-order valence-corrected chi connectivity index (χ3v) is 5.43. The van der Waals surface area contributed by atoms with Gasteiger partial charge in [-0.15, -0.1) is 11.8 Å². The summed E-state index contributed by atoms with van der Waals surface area (Å²) in [7, 11) is 0. The lowest BCUT2D eigenvalue weighted by Gasteiger charge is -2.29. The van der Waals surface area contributed by atoms with Crippen molar-refractivity contribution in [2.75, 3.05) is 17.8 Å². The molecule has 1 heterocycles. The van der Waals surface area contributed by atoms with Crippen molar-refractivity contribution in [2.45, 2.75) is 50.6 Å². The number of hydrogen-bond acceptors (Lipinski definition) is 4. The Morgan fingerprint density at radius 3 is 2.70 bits per heavy atom. The molecule has 0 aromatic carbocycles. The van der Waals surface area contributed by atoms with Crippen LogP contribution in [0.1, 0.15) is 33.1 Å². The lowest BCUT2D eigenvalue weighted by Crippen LogP contribution is -2.52. The molecule has 0 spiro atoms. The number of nitrogens with one attached hydrogen (secondary N) is 1. The molecule has 1 aliphatic heterocycles. The maximum atomic E-state index is 12.4. The van der Waals surface area contributed by atoms with Gasteiger partial charge in [-0.2, -0.15) is 11.8 Å². The standard InChI is InChI=1S/C13H24N2O3S2/c1-4-6-11-15(10(8-20-11)12(16)17)13(18)14-9(5-2)7-19-3/h9-11H,4-8H2,1-3H3,(H,14,18)(H,16,17). The smallest absolute Gasteiger partial charge is 0.327 e. The Labute approximate surface area is 129 Å². The SMILES string of the molecule is CCCC1SCC(C(=O)O)N1C(=O)NC(CC)CSC. The van der Waals surface area contributed by atoms with Crippen molar-refractivity contribution in [1.29, 1.82) is 0 Å². The van der Waals surface area contributed by atoms with Crippen LogP contribution in [0.4, 0.5) is 4.79 Å². The average molecular weight is 320 g/mol. The topological polar surface area (TPSA) is 69.6 Å². The Kier molecular flexibility index (Phi) is 7.58. The minimum Gasteiger partial charge on any atom is -0.480 e. The summed E-state index contributed by atoms with van der Waals surface area (Å²) in [6, 6.07) is -0.843. The van der Waals surface area contributed by atoms with Crippen LogP contribution in [0, 0.1) is 0 Å². The second-order valence-corrected chi connectivity index (χ2v) is 6.97. The zero-order valence-corrected chi connectivity index (χ0v) is 13.9. The first-order chi connectivity index (χ1) is 9.54. The Balaban J connectivity index is 2.75. The number of rotatable bonds is 7. The van der Waals surface area contributed by atoms with E-state index in [9.17, 15) is 14.7 Å². The number of carbonyl (C=O) groups is 2. The first kappa shape index (κ1) is 17.5. The molecule has 2 N–H and O–H groups in total. The molecular formula is C13H24N2O3S2. The van der Waals surface area contributed by atoms with Crippen LogP contribution in [0.5, 0.6) is 0 Å². The molecule has 5 nitrogen and oxygen atoms in total. The maximum Gasteiger partial charge on any atom is 0.327 e. The summed E-state index contributed by atoms with van der Waals surface area (Å²) in [4.78, 5) is 25.3. The third-order valence-electron chi connectivity index (χ3n) is 3.34. The van der Waals surface area contributed by atoms with E-state index in [0.717, 1.165) is 25.0 Å². The van der Waals surface area contributed by atoms with E-state index in [2.05, 4.69) is 5.32 Å². The fraction of sp³-hybridized carbons (Fsp3) is 0.846. The van der Waals surface area contributed by atoms with E-state index in [0.29, 0.717) is 5.75 Å². The molecule has 20 heavy (non-hydrogen) atoms. The zero-order valence-electron chi connectivity index (χ0n) is 12.3. The Morgan fingerprint density at radius 2 is 2.20 bits per heavy atom.